The SMILES string of the molecule is C[C@H](N)C(=O)N[C@@H](CCCCN)C(=O)N[C@@H](Cc1ccccc1)C(=O)N[C@@H](C)C(=O)SCc1ccccc1. The first-order valence-corrected chi connectivity index (χ1v) is 13.8. The standard InChI is InChI=1S/C28H39N5O4S/c1-19(30)25(34)32-23(15-9-10-16-29)26(35)33-24(17-21-11-5-3-6-12-21)27(36)31-20(2)28(37)38-18-22-13-7-4-8-14-22/h3-8,11-14,19-20,23-24H,9-10,15-18,29-30H2,1-2H3,(H,31,36)(H,32,34)(H,33,35)/t19-,20-,23-,24-/m0/s1. The Balaban J connectivity index is 2.10. The molecule has 0 heterocycles. The predicted molar refractivity (Wildman–Crippen MR) is 151 cm³/mol. The van der Waals surface area contributed by atoms with Crippen molar-refractivity contribution >= 4 is 34.6 Å². The fourth-order valence-corrected chi connectivity index (χ4v) is 4.43. The van der Waals surface area contributed by atoms with E-state index in [1.54, 1.807) is 6.92 Å². The summed E-state index contributed by atoms with van der Waals surface area (Å²) in [7, 11) is 0. The smallest absolute Gasteiger partial charge is 0.243 e. The second kappa shape index (κ2) is 16.6. The number of hydrogen-bond acceptors (Lipinski definition) is 7. The Morgan fingerprint density at radius 3 is 1.89 bits per heavy atom. The van der Waals surface area contributed by atoms with E-state index in [0.717, 1.165) is 22.9 Å². The Bertz CT molecular complexity index is 1040. The van der Waals surface area contributed by atoms with Crippen LogP contribution in [0.4, 0.5) is 0 Å². The highest BCUT2D eigenvalue weighted by Gasteiger charge is 2.29. The van der Waals surface area contributed by atoms with Crippen LogP contribution in [-0.2, 0) is 31.4 Å². The second-order valence-electron chi connectivity index (χ2n) is 9.21. The molecular weight excluding hydrogens is 502 g/mol. The molecule has 0 aliphatic carbocycles. The number of benzene rings is 2. The molecule has 0 saturated carbocycles. The Hall–Kier alpha value is -3.21. The monoisotopic (exact) mass is 541 g/mol. The van der Waals surface area contributed by atoms with E-state index in [2.05, 4.69) is 16.0 Å². The minimum absolute atomic E-state index is 0.184. The first kappa shape index (κ1) is 31.0. The van der Waals surface area contributed by atoms with E-state index in [9.17, 15) is 19.2 Å². The molecule has 7 N–H and O–H groups in total. The molecule has 9 nitrogen and oxygen atoms in total. The molecule has 0 saturated heterocycles. The summed E-state index contributed by atoms with van der Waals surface area (Å²) in [6.07, 6.45) is 1.87. The molecule has 0 aliphatic rings. The van der Waals surface area contributed by atoms with E-state index in [0.29, 0.717) is 31.6 Å². The van der Waals surface area contributed by atoms with Gasteiger partial charge in [0.15, 0.2) is 0 Å². The van der Waals surface area contributed by atoms with E-state index in [1.807, 2.05) is 60.7 Å². The third-order valence-electron chi connectivity index (χ3n) is 5.85. The molecule has 38 heavy (non-hydrogen) atoms. The van der Waals surface area contributed by atoms with Gasteiger partial charge in [-0.25, -0.2) is 0 Å². The molecule has 0 unspecified atom stereocenters. The van der Waals surface area contributed by atoms with Crippen molar-refractivity contribution < 1.29 is 19.2 Å². The van der Waals surface area contributed by atoms with Crippen LogP contribution >= 0.6 is 11.8 Å². The number of rotatable bonds is 15. The fourth-order valence-electron chi connectivity index (χ4n) is 3.62. The van der Waals surface area contributed by atoms with Crippen molar-refractivity contribution in [1.29, 1.82) is 0 Å². The van der Waals surface area contributed by atoms with Crippen molar-refractivity contribution in [2.24, 2.45) is 11.5 Å². The average molecular weight is 542 g/mol. The second-order valence-corrected chi connectivity index (χ2v) is 10.2. The van der Waals surface area contributed by atoms with Crippen LogP contribution in [0.5, 0.6) is 0 Å². The summed E-state index contributed by atoms with van der Waals surface area (Å²) in [6.45, 7) is 3.62. The van der Waals surface area contributed by atoms with Crippen LogP contribution in [0, 0.1) is 0 Å². The van der Waals surface area contributed by atoms with Gasteiger partial charge in [0.05, 0.1) is 12.1 Å². The van der Waals surface area contributed by atoms with Crippen molar-refractivity contribution in [3.05, 3.63) is 71.8 Å². The number of carbonyl (C=O) groups is 4. The molecule has 10 heteroatoms. The molecule has 0 aromatic heterocycles. The van der Waals surface area contributed by atoms with Crippen molar-refractivity contribution in [2.75, 3.05) is 6.54 Å². The van der Waals surface area contributed by atoms with Crippen LogP contribution < -0.4 is 27.4 Å². The number of nitrogens with one attached hydrogen (secondary N) is 3. The highest BCUT2D eigenvalue weighted by Crippen LogP contribution is 2.15. The van der Waals surface area contributed by atoms with Crippen LogP contribution in [0.1, 0.15) is 44.2 Å². The van der Waals surface area contributed by atoms with Gasteiger partial charge in [-0.2, -0.15) is 0 Å². The van der Waals surface area contributed by atoms with Crippen LogP contribution in [0.3, 0.4) is 0 Å². The lowest BCUT2D eigenvalue weighted by Gasteiger charge is -2.25. The molecule has 3 amide bonds. The van der Waals surface area contributed by atoms with E-state index < -0.39 is 41.9 Å². The van der Waals surface area contributed by atoms with Crippen LogP contribution in [0.2, 0.25) is 0 Å². The molecule has 2 aromatic rings. The summed E-state index contributed by atoms with van der Waals surface area (Å²) in [5.74, 6) is -0.947. The van der Waals surface area contributed by atoms with Crippen LogP contribution in [-0.4, -0.2) is 53.5 Å². The van der Waals surface area contributed by atoms with Gasteiger partial charge in [0.25, 0.3) is 0 Å². The predicted octanol–water partition coefficient (Wildman–Crippen LogP) is 1.64. The number of amides is 3. The lowest BCUT2D eigenvalue weighted by atomic mass is 10.0. The normalized spacial score (nSPS) is 14.0. The van der Waals surface area contributed by atoms with Crippen molar-refractivity contribution in [1.82, 2.24) is 16.0 Å². The third kappa shape index (κ3) is 11.0. The molecule has 2 rings (SSSR count). The van der Waals surface area contributed by atoms with E-state index >= 15 is 0 Å². The summed E-state index contributed by atoms with van der Waals surface area (Å²) < 4.78 is 0. The van der Waals surface area contributed by atoms with Crippen molar-refractivity contribution in [2.45, 2.75) is 69.5 Å². The van der Waals surface area contributed by atoms with Crippen LogP contribution in [0.25, 0.3) is 0 Å². The maximum Gasteiger partial charge on any atom is 0.243 e. The largest absolute Gasteiger partial charge is 0.344 e. The third-order valence-corrected chi connectivity index (χ3v) is 6.96. The molecule has 0 bridgehead atoms. The summed E-state index contributed by atoms with van der Waals surface area (Å²) in [5.41, 5.74) is 13.1. The molecular formula is C28H39N5O4S. The Kier molecular flexibility index (Phi) is 13.5. The van der Waals surface area contributed by atoms with Gasteiger partial charge in [0.1, 0.15) is 12.1 Å². The van der Waals surface area contributed by atoms with Crippen LogP contribution in [0.15, 0.2) is 60.7 Å². The van der Waals surface area contributed by atoms with Gasteiger partial charge in [-0.15, -0.1) is 0 Å². The Morgan fingerprint density at radius 2 is 1.32 bits per heavy atom. The highest BCUT2D eigenvalue weighted by molar-refractivity contribution is 8.13. The summed E-state index contributed by atoms with van der Waals surface area (Å²) >= 11 is 1.12. The van der Waals surface area contributed by atoms with E-state index in [4.69, 9.17) is 11.5 Å². The van der Waals surface area contributed by atoms with Gasteiger partial charge >= 0.3 is 0 Å². The maximum absolute atomic E-state index is 13.3. The summed E-state index contributed by atoms with van der Waals surface area (Å²) in [4.78, 5) is 51.4. The topological polar surface area (TPSA) is 156 Å². The minimum Gasteiger partial charge on any atom is -0.344 e. The van der Waals surface area contributed by atoms with Gasteiger partial charge in [-0.3, -0.25) is 19.2 Å². The summed E-state index contributed by atoms with van der Waals surface area (Å²) in [5, 5.41) is 8.01. The number of thioether (sulfide) groups is 1. The zero-order valence-corrected chi connectivity index (χ0v) is 22.8. The van der Waals surface area contributed by atoms with Gasteiger partial charge in [0, 0.05) is 12.2 Å². The molecule has 0 radical (unpaired) electrons. The van der Waals surface area contributed by atoms with Gasteiger partial charge < -0.3 is 27.4 Å². The lowest BCUT2D eigenvalue weighted by molar-refractivity contribution is -0.133. The molecule has 206 valence electrons. The first-order valence-electron chi connectivity index (χ1n) is 12.8. The molecule has 4 atom stereocenters. The quantitative estimate of drug-likeness (QED) is 0.215. The van der Waals surface area contributed by atoms with E-state index in [1.165, 1.54) is 6.92 Å². The first-order chi connectivity index (χ1) is 18.2. The van der Waals surface area contributed by atoms with Gasteiger partial charge in [0.2, 0.25) is 22.8 Å². The zero-order chi connectivity index (χ0) is 27.9. The Morgan fingerprint density at radius 1 is 0.763 bits per heavy atom. The number of carbonyl (C=O) groups excluding carboxylic acids is 4. The number of hydrogen-bond donors (Lipinski definition) is 5. The van der Waals surface area contributed by atoms with Crippen molar-refractivity contribution in [3.8, 4) is 0 Å². The van der Waals surface area contributed by atoms with Gasteiger partial charge in [-0.05, 0) is 50.8 Å². The lowest BCUT2D eigenvalue weighted by Crippen LogP contribution is -2.57. The molecule has 0 spiro atoms. The van der Waals surface area contributed by atoms with E-state index in [-0.39, 0.29) is 11.5 Å². The zero-order valence-electron chi connectivity index (χ0n) is 22.0. The number of unbranched alkanes of at least 4 members (excludes halogenated alkanes) is 1. The summed E-state index contributed by atoms with van der Waals surface area (Å²) in [6, 6.07) is 15.5. The van der Waals surface area contributed by atoms with Crippen molar-refractivity contribution in [3.63, 3.8) is 0 Å². The fraction of sp³-hybridized carbons (Fsp3) is 0.429. The molecule has 0 aliphatic heterocycles. The Labute approximate surface area is 228 Å². The van der Waals surface area contributed by atoms with Gasteiger partial charge in [-0.1, -0.05) is 72.4 Å². The molecule has 0 fully saturated rings. The average Bonchev–Trinajstić information content (AvgIpc) is 2.91. The highest BCUT2D eigenvalue weighted by atomic mass is 32.2. The number of nitrogens with two attached hydrogens (primary N) is 2. The minimum atomic E-state index is -0.955. The maximum atomic E-state index is 13.3. The molecule has 2 aromatic carbocycles.